The van der Waals surface area contributed by atoms with Gasteiger partial charge in [0, 0.05) is 5.69 Å². The molecule has 21 heavy (non-hydrogen) atoms. The Morgan fingerprint density at radius 1 is 1.10 bits per heavy atom. The molecule has 4 nitrogen and oxygen atoms in total. The van der Waals surface area contributed by atoms with Crippen LogP contribution in [-0.2, 0) is 10.0 Å². The summed E-state index contributed by atoms with van der Waals surface area (Å²) in [7, 11) is -4.52. The van der Waals surface area contributed by atoms with Gasteiger partial charge in [0.05, 0.1) is 10.7 Å². The van der Waals surface area contributed by atoms with Crippen molar-refractivity contribution in [1.82, 2.24) is 0 Å². The molecule has 112 valence electrons. The summed E-state index contributed by atoms with van der Waals surface area (Å²) in [5.41, 5.74) is 4.70. The van der Waals surface area contributed by atoms with Crippen molar-refractivity contribution >= 4 is 33.0 Å². The Balaban J connectivity index is 2.51. The number of nitrogens with one attached hydrogen (secondary N) is 1. The third-order valence-electron chi connectivity index (χ3n) is 2.48. The van der Waals surface area contributed by atoms with Gasteiger partial charge < -0.3 is 5.73 Å². The first kappa shape index (κ1) is 15.5. The number of sulfonamides is 1. The highest BCUT2D eigenvalue weighted by molar-refractivity contribution is 7.92. The molecule has 0 fully saturated rings. The lowest BCUT2D eigenvalue weighted by Gasteiger charge is -2.11. The number of benzene rings is 2. The highest BCUT2D eigenvalue weighted by Gasteiger charge is 2.23. The standard InChI is InChI=1S/C12H8ClF3N2O2S/c13-8-2-1-6(14)3-10(8)18-21(19,20)11-5-7(17)4-9(15)12(11)16/h1-5,18H,17H2. The summed E-state index contributed by atoms with van der Waals surface area (Å²) < 4.78 is 65.9. The SMILES string of the molecule is Nc1cc(F)c(F)c(S(=O)(=O)Nc2cc(F)ccc2Cl)c1. The lowest BCUT2D eigenvalue weighted by atomic mass is 10.3. The molecule has 0 spiro atoms. The van der Waals surface area contributed by atoms with Crippen LogP contribution in [0.3, 0.4) is 0 Å². The Hall–Kier alpha value is -1.93. The molecule has 0 saturated heterocycles. The molecule has 0 unspecified atom stereocenters. The maximum Gasteiger partial charge on any atom is 0.265 e. The third kappa shape index (κ3) is 3.22. The van der Waals surface area contributed by atoms with Crippen LogP contribution in [0, 0.1) is 17.5 Å². The summed E-state index contributed by atoms with van der Waals surface area (Å²) in [5.74, 6) is -3.76. The first-order valence-electron chi connectivity index (χ1n) is 5.43. The van der Waals surface area contributed by atoms with Crippen LogP contribution in [0.2, 0.25) is 5.02 Å². The zero-order valence-corrected chi connectivity index (χ0v) is 11.8. The number of nitrogens with two attached hydrogens (primary N) is 1. The summed E-state index contributed by atoms with van der Waals surface area (Å²) in [4.78, 5) is -1.000. The van der Waals surface area contributed by atoms with Crippen molar-refractivity contribution in [3.05, 3.63) is 52.8 Å². The van der Waals surface area contributed by atoms with Gasteiger partial charge in [-0.15, -0.1) is 0 Å². The van der Waals surface area contributed by atoms with Gasteiger partial charge in [-0.3, -0.25) is 4.72 Å². The molecule has 2 aromatic rings. The molecule has 0 amide bonds. The summed E-state index contributed by atoms with van der Waals surface area (Å²) >= 11 is 5.71. The zero-order chi connectivity index (χ0) is 15.8. The third-order valence-corrected chi connectivity index (χ3v) is 4.17. The molecule has 0 aliphatic heterocycles. The van der Waals surface area contributed by atoms with E-state index in [4.69, 9.17) is 17.3 Å². The van der Waals surface area contributed by atoms with Crippen molar-refractivity contribution in [2.24, 2.45) is 0 Å². The molecule has 0 radical (unpaired) electrons. The predicted octanol–water partition coefficient (Wildman–Crippen LogP) is 3.14. The van der Waals surface area contributed by atoms with E-state index in [2.05, 4.69) is 0 Å². The molecule has 0 heterocycles. The van der Waals surface area contributed by atoms with E-state index >= 15 is 0 Å². The topological polar surface area (TPSA) is 72.2 Å². The normalized spacial score (nSPS) is 11.4. The largest absolute Gasteiger partial charge is 0.399 e. The number of nitrogen functional groups attached to an aromatic ring is 1. The van der Waals surface area contributed by atoms with Crippen molar-refractivity contribution in [3.63, 3.8) is 0 Å². The number of rotatable bonds is 3. The van der Waals surface area contributed by atoms with E-state index in [9.17, 15) is 21.6 Å². The van der Waals surface area contributed by atoms with Crippen molar-refractivity contribution < 1.29 is 21.6 Å². The Morgan fingerprint density at radius 3 is 2.43 bits per heavy atom. The predicted molar refractivity (Wildman–Crippen MR) is 73.0 cm³/mol. The molecular weight excluding hydrogens is 329 g/mol. The molecule has 0 aliphatic carbocycles. The van der Waals surface area contributed by atoms with Crippen LogP contribution in [0.4, 0.5) is 24.5 Å². The molecule has 0 atom stereocenters. The Morgan fingerprint density at radius 2 is 1.76 bits per heavy atom. The first-order valence-corrected chi connectivity index (χ1v) is 7.29. The highest BCUT2D eigenvalue weighted by atomic mass is 35.5. The van der Waals surface area contributed by atoms with Gasteiger partial charge in [0.2, 0.25) is 0 Å². The van der Waals surface area contributed by atoms with Gasteiger partial charge in [0.25, 0.3) is 10.0 Å². The molecule has 0 bridgehead atoms. The maximum atomic E-state index is 13.6. The van der Waals surface area contributed by atoms with Crippen molar-refractivity contribution in [3.8, 4) is 0 Å². The summed E-state index contributed by atoms with van der Waals surface area (Å²) in [6.07, 6.45) is 0. The van der Waals surface area contributed by atoms with Crippen molar-refractivity contribution in [1.29, 1.82) is 0 Å². The summed E-state index contributed by atoms with van der Waals surface area (Å²) in [6.45, 7) is 0. The molecule has 9 heteroatoms. The fourth-order valence-corrected chi connectivity index (χ4v) is 2.97. The van der Waals surface area contributed by atoms with E-state index < -0.39 is 32.4 Å². The lowest BCUT2D eigenvalue weighted by Crippen LogP contribution is -2.16. The van der Waals surface area contributed by atoms with Crippen LogP contribution >= 0.6 is 11.6 Å². The highest BCUT2D eigenvalue weighted by Crippen LogP contribution is 2.27. The second-order valence-corrected chi connectivity index (χ2v) is 6.10. The zero-order valence-electron chi connectivity index (χ0n) is 10.2. The van der Waals surface area contributed by atoms with E-state index in [1.807, 2.05) is 4.72 Å². The van der Waals surface area contributed by atoms with E-state index in [0.717, 1.165) is 24.3 Å². The molecule has 3 N–H and O–H groups in total. The van der Waals surface area contributed by atoms with E-state index in [-0.39, 0.29) is 16.4 Å². The molecular formula is C12H8ClF3N2O2S. The lowest BCUT2D eigenvalue weighted by molar-refractivity contribution is 0.486. The van der Waals surface area contributed by atoms with Crippen LogP contribution in [0.1, 0.15) is 0 Å². The number of hydrogen-bond acceptors (Lipinski definition) is 3. The minimum Gasteiger partial charge on any atom is -0.399 e. The second-order valence-electron chi connectivity index (χ2n) is 4.04. The fraction of sp³-hybridized carbons (Fsp3) is 0. The van der Waals surface area contributed by atoms with Crippen molar-refractivity contribution in [2.45, 2.75) is 4.90 Å². The minimum absolute atomic E-state index is 0.107. The Labute approximate surface area is 123 Å². The van der Waals surface area contributed by atoms with Gasteiger partial charge in [0.1, 0.15) is 10.7 Å². The first-order chi connectivity index (χ1) is 9.70. The van der Waals surface area contributed by atoms with Crippen LogP contribution < -0.4 is 10.5 Å². The summed E-state index contributed by atoms with van der Waals surface area (Å²) in [6, 6.07) is 4.32. The average molecular weight is 337 g/mol. The van der Waals surface area contributed by atoms with Crippen LogP contribution in [0.15, 0.2) is 35.2 Å². The molecule has 0 aromatic heterocycles. The van der Waals surface area contributed by atoms with Crippen LogP contribution in [-0.4, -0.2) is 8.42 Å². The quantitative estimate of drug-likeness (QED) is 0.846. The molecule has 2 rings (SSSR count). The van der Waals surface area contributed by atoms with Gasteiger partial charge in [-0.25, -0.2) is 21.6 Å². The van der Waals surface area contributed by atoms with Gasteiger partial charge in [-0.1, -0.05) is 11.6 Å². The van der Waals surface area contributed by atoms with E-state index in [1.165, 1.54) is 0 Å². The minimum atomic E-state index is -4.52. The Kier molecular flexibility index (Phi) is 4.02. The Bertz CT molecular complexity index is 812. The van der Waals surface area contributed by atoms with Gasteiger partial charge >= 0.3 is 0 Å². The summed E-state index contributed by atoms with van der Waals surface area (Å²) in [5, 5.41) is -0.107. The van der Waals surface area contributed by atoms with E-state index in [1.54, 1.807) is 0 Å². The van der Waals surface area contributed by atoms with Gasteiger partial charge in [0.15, 0.2) is 11.6 Å². The number of halogens is 4. The van der Waals surface area contributed by atoms with Gasteiger partial charge in [-0.05, 0) is 30.3 Å². The van der Waals surface area contributed by atoms with Crippen LogP contribution in [0.5, 0.6) is 0 Å². The van der Waals surface area contributed by atoms with Gasteiger partial charge in [-0.2, -0.15) is 0 Å². The fourth-order valence-electron chi connectivity index (χ4n) is 1.55. The monoisotopic (exact) mass is 336 g/mol. The van der Waals surface area contributed by atoms with Crippen LogP contribution in [0.25, 0.3) is 0 Å². The molecule has 0 saturated carbocycles. The second kappa shape index (κ2) is 5.45. The maximum absolute atomic E-state index is 13.6. The average Bonchev–Trinajstić information content (AvgIpc) is 2.37. The van der Waals surface area contributed by atoms with E-state index in [0.29, 0.717) is 6.07 Å². The van der Waals surface area contributed by atoms with Crippen molar-refractivity contribution in [2.75, 3.05) is 10.5 Å². The molecule has 2 aromatic carbocycles. The number of hydrogen-bond donors (Lipinski definition) is 2. The smallest absolute Gasteiger partial charge is 0.265 e. The number of anilines is 2. The molecule has 0 aliphatic rings.